The molecule has 0 N–H and O–H groups in total. The summed E-state index contributed by atoms with van der Waals surface area (Å²) < 4.78 is 40.1. The van der Waals surface area contributed by atoms with Crippen LogP contribution in [0.2, 0.25) is 0 Å². The second kappa shape index (κ2) is 8.71. The molecule has 1 aromatic carbocycles. The summed E-state index contributed by atoms with van der Waals surface area (Å²) in [5.41, 5.74) is -2.26. The third-order valence-electron chi connectivity index (χ3n) is 8.44. The van der Waals surface area contributed by atoms with E-state index >= 15 is 0 Å². The molecular formula is C30H42BFN2O6. The largest absolute Gasteiger partial charge is 0.494 e. The van der Waals surface area contributed by atoms with Gasteiger partial charge < -0.3 is 23.7 Å². The van der Waals surface area contributed by atoms with Crippen LogP contribution in [0.3, 0.4) is 0 Å². The van der Waals surface area contributed by atoms with Gasteiger partial charge in [-0.25, -0.2) is 18.5 Å². The molecule has 10 heteroatoms. The maximum atomic E-state index is 14.6. The zero-order valence-corrected chi connectivity index (χ0v) is 25.4. The fourth-order valence-electron chi connectivity index (χ4n) is 5.30. The number of ether oxygens (including phenoxy) is 2. The van der Waals surface area contributed by atoms with Crippen LogP contribution in [0.5, 0.6) is 0 Å². The van der Waals surface area contributed by atoms with Crippen LogP contribution in [0.15, 0.2) is 24.3 Å². The average Bonchev–Trinajstić information content (AvgIpc) is 3.38. The van der Waals surface area contributed by atoms with E-state index < -0.39 is 52.8 Å². The number of alkyl halides is 1. The molecule has 2 saturated carbocycles. The first-order valence-corrected chi connectivity index (χ1v) is 14.0. The van der Waals surface area contributed by atoms with Crippen molar-refractivity contribution in [3.05, 3.63) is 30.0 Å². The minimum Gasteiger partial charge on any atom is -0.444 e. The van der Waals surface area contributed by atoms with Crippen LogP contribution >= 0.6 is 0 Å². The van der Waals surface area contributed by atoms with Gasteiger partial charge in [0.1, 0.15) is 16.9 Å². The Morgan fingerprint density at radius 2 is 1.52 bits per heavy atom. The van der Waals surface area contributed by atoms with Crippen LogP contribution < -0.4 is 5.46 Å². The molecule has 2 aliphatic carbocycles. The molecule has 1 aromatic heterocycles. The van der Waals surface area contributed by atoms with E-state index in [-0.39, 0.29) is 13.1 Å². The predicted octanol–water partition coefficient (Wildman–Crippen LogP) is 5.96. The Morgan fingerprint density at radius 3 is 2.02 bits per heavy atom. The number of hydrogen-bond donors (Lipinski definition) is 0. The SMILES string of the molecule is CC(C)(C)OC(=O)N(Cc1cc2ccc(B3OC(C)(C)C(C)(C)O3)cc2n1C(=O)OC(C)(C)C)CC12CC1(F)C2. The molecule has 0 spiro atoms. The zero-order valence-electron chi connectivity index (χ0n) is 25.4. The molecule has 1 amide bonds. The first-order chi connectivity index (χ1) is 18.1. The van der Waals surface area contributed by atoms with Gasteiger partial charge in [-0.15, -0.1) is 0 Å². The molecule has 2 heterocycles. The van der Waals surface area contributed by atoms with E-state index in [1.807, 2.05) is 52.0 Å². The Labute approximate surface area is 236 Å². The number of hydrogen-bond acceptors (Lipinski definition) is 6. The van der Waals surface area contributed by atoms with E-state index in [0.717, 1.165) is 10.8 Å². The number of rotatable bonds is 5. The van der Waals surface area contributed by atoms with Crippen molar-refractivity contribution >= 4 is 35.7 Å². The lowest BCUT2D eigenvalue weighted by molar-refractivity contribution is 0.00578. The summed E-state index contributed by atoms with van der Waals surface area (Å²) in [7, 11) is -0.611. The van der Waals surface area contributed by atoms with Crippen molar-refractivity contribution in [1.29, 1.82) is 0 Å². The number of fused-ring (bicyclic) bond motifs is 2. The molecule has 3 fully saturated rings. The molecule has 0 atom stereocenters. The van der Waals surface area contributed by atoms with Gasteiger partial charge >= 0.3 is 19.3 Å². The molecule has 218 valence electrons. The molecule has 40 heavy (non-hydrogen) atoms. The zero-order chi connectivity index (χ0) is 29.7. The molecule has 8 nitrogen and oxygen atoms in total. The number of aromatic nitrogens is 1. The minimum absolute atomic E-state index is 0.0620. The fraction of sp³-hybridized carbons (Fsp3) is 0.667. The average molecular weight is 556 g/mol. The third-order valence-corrected chi connectivity index (χ3v) is 8.44. The van der Waals surface area contributed by atoms with Crippen LogP contribution in [0, 0.1) is 5.41 Å². The summed E-state index contributed by atoms with van der Waals surface area (Å²) in [5.74, 6) is 0. The van der Waals surface area contributed by atoms with Crippen molar-refractivity contribution in [2.45, 2.75) is 117 Å². The smallest absolute Gasteiger partial charge is 0.444 e. The van der Waals surface area contributed by atoms with Gasteiger partial charge in [-0.1, -0.05) is 12.1 Å². The predicted molar refractivity (Wildman–Crippen MR) is 151 cm³/mol. The molecule has 2 aromatic rings. The Kier molecular flexibility index (Phi) is 6.30. The van der Waals surface area contributed by atoms with Crippen LogP contribution in [0.25, 0.3) is 10.9 Å². The van der Waals surface area contributed by atoms with Crippen molar-refractivity contribution in [2.75, 3.05) is 6.54 Å². The number of carbonyl (C=O) groups is 2. The maximum absolute atomic E-state index is 14.6. The second-order valence-electron chi connectivity index (χ2n) is 14.8. The van der Waals surface area contributed by atoms with E-state index in [1.54, 1.807) is 41.5 Å². The Bertz CT molecular complexity index is 1350. The molecule has 0 bridgehead atoms. The van der Waals surface area contributed by atoms with E-state index in [0.29, 0.717) is 24.1 Å². The molecule has 0 radical (unpaired) electrons. The number of amides is 1. The summed E-state index contributed by atoms with van der Waals surface area (Å²) in [4.78, 5) is 28.4. The number of halogens is 1. The van der Waals surface area contributed by atoms with Crippen LogP contribution in [-0.4, -0.2) is 63.4 Å². The summed E-state index contributed by atoms with van der Waals surface area (Å²) >= 11 is 0. The van der Waals surface area contributed by atoms with Crippen LogP contribution in [0.4, 0.5) is 14.0 Å². The lowest BCUT2D eigenvalue weighted by atomic mass is 9.79. The summed E-state index contributed by atoms with van der Waals surface area (Å²) in [5, 5.41) is 0.793. The monoisotopic (exact) mass is 556 g/mol. The van der Waals surface area contributed by atoms with Gasteiger partial charge in [-0.05, 0) is 99.7 Å². The Morgan fingerprint density at radius 1 is 0.975 bits per heavy atom. The Balaban J connectivity index is 1.53. The van der Waals surface area contributed by atoms with Crippen molar-refractivity contribution in [1.82, 2.24) is 9.47 Å². The molecular weight excluding hydrogens is 514 g/mol. The van der Waals surface area contributed by atoms with E-state index in [1.165, 1.54) is 9.47 Å². The summed E-state index contributed by atoms with van der Waals surface area (Å²) in [6.45, 7) is 19.1. The van der Waals surface area contributed by atoms with Crippen LogP contribution in [-0.2, 0) is 25.3 Å². The standard InChI is InChI=1S/C30H42BFN2O6/c1-25(2,3)37-23(35)33(18-29-16-30(29,32)17-29)15-21-13-19-11-12-20(31-39-27(7,8)28(9,10)40-31)14-22(19)34(21)24(36)38-26(4,5)6/h11-14H,15-18H2,1-10H3. The quantitative estimate of drug-likeness (QED) is 0.423. The van der Waals surface area contributed by atoms with Gasteiger partial charge in [-0.3, -0.25) is 0 Å². The highest BCUT2D eigenvalue weighted by Gasteiger charge is 2.85. The number of nitrogens with zero attached hydrogens (tertiary/aromatic N) is 2. The third kappa shape index (κ3) is 5.25. The minimum atomic E-state index is -1.18. The lowest BCUT2D eigenvalue weighted by Crippen LogP contribution is -2.41. The van der Waals surface area contributed by atoms with Gasteiger partial charge in [0.2, 0.25) is 0 Å². The summed E-state index contributed by atoms with van der Waals surface area (Å²) in [6, 6.07) is 7.57. The lowest BCUT2D eigenvalue weighted by Gasteiger charge is -2.32. The normalized spacial score (nSPS) is 26.4. The topological polar surface area (TPSA) is 79.2 Å². The molecule has 5 rings (SSSR count). The van der Waals surface area contributed by atoms with Gasteiger partial charge in [0, 0.05) is 23.0 Å². The van der Waals surface area contributed by atoms with Gasteiger partial charge in [0.15, 0.2) is 0 Å². The highest BCUT2D eigenvalue weighted by Crippen LogP contribution is 2.81. The van der Waals surface area contributed by atoms with E-state index in [2.05, 4.69) is 0 Å². The van der Waals surface area contributed by atoms with Crippen molar-refractivity contribution in [3.63, 3.8) is 0 Å². The molecule has 0 unspecified atom stereocenters. The molecule has 1 aliphatic heterocycles. The fourth-order valence-corrected chi connectivity index (χ4v) is 5.30. The summed E-state index contributed by atoms with van der Waals surface area (Å²) in [6.07, 6.45) is -0.206. The van der Waals surface area contributed by atoms with Crippen molar-refractivity contribution < 1.29 is 32.8 Å². The second-order valence-corrected chi connectivity index (χ2v) is 14.8. The molecule has 3 aliphatic rings. The number of benzene rings is 1. The van der Waals surface area contributed by atoms with Crippen LogP contribution in [0.1, 0.15) is 87.8 Å². The van der Waals surface area contributed by atoms with Gasteiger partial charge in [0.25, 0.3) is 0 Å². The van der Waals surface area contributed by atoms with Crippen molar-refractivity contribution in [3.8, 4) is 0 Å². The first-order valence-electron chi connectivity index (χ1n) is 14.0. The first kappa shape index (κ1) is 28.9. The maximum Gasteiger partial charge on any atom is 0.494 e. The van der Waals surface area contributed by atoms with Gasteiger partial charge in [0.05, 0.1) is 23.3 Å². The Hall–Kier alpha value is -2.59. The molecule has 1 saturated heterocycles. The highest BCUT2D eigenvalue weighted by molar-refractivity contribution is 6.62. The van der Waals surface area contributed by atoms with Crippen molar-refractivity contribution in [2.24, 2.45) is 5.41 Å². The van der Waals surface area contributed by atoms with Gasteiger partial charge in [-0.2, -0.15) is 0 Å². The van der Waals surface area contributed by atoms with E-state index in [9.17, 15) is 14.0 Å². The number of carbonyl (C=O) groups excluding carboxylic acids is 2. The highest BCUT2D eigenvalue weighted by atomic mass is 19.1. The van der Waals surface area contributed by atoms with E-state index in [4.69, 9.17) is 18.8 Å².